The average Bonchev–Trinajstić information content (AvgIpc) is 3.28. The topological polar surface area (TPSA) is 152 Å². The number of hydrogen-bond donors (Lipinski definition) is 1. The van der Waals surface area contributed by atoms with Gasteiger partial charge in [0.25, 0.3) is 0 Å². The van der Waals surface area contributed by atoms with E-state index >= 15 is 0 Å². The second kappa shape index (κ2) is 13.9. The highest BCUT2D eigenvalue weighted by molar-refractivity contribution is 7.98. The predicted molar refractivity (Wildman–Crippen MR) is 137 cm³/mol. The minimum absolute atomic E-state index is 0.263. The van der Waals surface area contributed by atoms with Gasteiger partial charge >= 0.3 is 30.1 Å². The first-order chi connectivity index (χ1) is 19.7. The number of hydrogen-bond acceptors (Lipinski definition) is 12. The van der Waals surface area contributed by atoms with E-state index in [-0.39, 0.29) is 12.0 Å². The molecule has 0 bridgehead atoms. The summed E-state index contributed by atoms with van der Waals surface area (Å²) in [5.74, 6) is -3.90. The van der Waals surface area contributed by atoms with Crippen LogP contribution in [-0.4, -0.2) is 77.6 Å². The monoisotopic (exact) mass is 618 g/mol. The first kappa shape index (κ1) is 32.7. The zero-order valence-corrected chi connectivity index (χ0v) is 24.0. The molecule has 5 atom stereocenters. The zero-order valence-electron chi connectivity index (χ0n) is 23.2. The summed E-state index contributed by atoms with van der Waals surface area (Å²) < 4.78 is 74.3. The van der Waals surface area contributed by atoms with E-state index in [1.807, 2.05) is 11.4 Å². The second-order valence-electron chi connectivity index (χ2n) is 9.09. The van der Waals surface area contributed by atoms with E-state index in [2.05, 4.69) is 5.10 Å². The summed E-state index contributed by atoms with van der Waals surface area (Å²) in [6.45, 7) is 3.67. The fourth-order valence-corrected chi connectivity index (χ4v) is 4.59. The van der Waals surface area contributed by atoms with Crippen molar-refractivity contribution < 1.29 is 60.8 Å². The van der Waals surface area contributed by atoms with E-state index in [0.717, 1.165) is 32.6 Å². The summed E-state index contributed by atoms with van der Waals surface area (Å²) in [4.78, 5) is 48.4. The molecule has 1 aliphatic heterocycles. The second-order valence-corrected chi connectivity index (χ2v) is 9.97. The smallest absolute Gasteiger partial charge is 0.433 e. The highest BCUT2D eigenvalue weighted by Crippen LogP contribution is 2.38. The Hall–Kier alpha value is -3.79. The first-order valence-corrected chi connectivity index (χ1v) is 13.7. The van der Waals surface area contributed by atoms with Gasteiger partial charge in [-0.05, 0) is 24.0 Å². The third kappa shape index (κ3) is 8.61. The number of halogens is 3. The van der Waals surface area contributed by atoms with Crippen molar-refractivity contribution in [2.24, 2.45) is 0 Å². The Morgan fingerprint density at radius 3 is 2.00 bits per heavy atom. The van der Waals surface area contributed by atoms with Crippen LogP contribution in [0.3, 0.4) is 0 Å². The van der Waals surface area contributed by atoms with Gasteiger partial charge in [0.2, 0.25) is 18.3 Å². The SMILES string of the molecule is CSc1ccc(Cc2c(O[C@@H]3O[C@H](COC(C)=O)[C@@H](OC(C)=O)[C@H](OC(C)=O)[C@H]3OC(C)=O)n[nH]c2C(F)(F)F)cc1. The molecule has 16 heteroatoms. The molecular formula is C26H29F3N2O10S. The Labute approximate surface area is 242 Å². The van der Waals surface area contributed by atoms with Crippen molar-refractivity contribution in [3.05, 3.63) is 41.1 Å². The highest BCUT2D eigenvalue weighted by Gasteiger charge is 2.54. The van der Waals surface area contributed by atoms with Crippen molar-refractivity contribution in [2.45, 2.75) is 75.9 Å². The lowest BCUT2D eigenvalue weighted by molar-refractivity contribution is -0.289. The lowest BCUT2D eigenvalue weighted by Crippen LogP contribution is -2.63. The Kier molecular flexibility index (Phi) is 10.8. The molecule has 2 heterocycles. The third-order valence-corrected chi connectivity index (χ3v) is 6.57. The maximum atomic E-state index is 13.9. The minimum atomic E-state index is -4.84. The third-order valence-electron chi connectivity index (χ3n) is 5.83. The lowest BCUT2D eigenvalue weighted by Gasteiger charge is -2.43. The number of esters is 4. The van der Waals surface area contributed by atoms with Crippen LogP contribution in [0.15, 0.2) is 29.2 Å². The highest BCUT2D eigenvalue weighted by atomic mass is 32.2. The van der Waals surface area contributed by atoms with Gasteiger partial charge in [0.1, 0.15) is 18.4 Å². The summed E-state index contributed by atoms with van der Waals surface area (Å²) in [7, 11) is 0. The van der Waals surface area contributed by atoms with Gasteiger partial charge in [-0.1, -0.05) is 12.1 Å². The number of ether oxygens (including phenoxy) is 6. The van der Waals surface area contributed by atoms with E-state index < -0.39 is 78.9 Å². The molecule has 0 saturated carbocycles. The molecule has 3 rings (SSSR count). The number of thioether (sulfide) groups is 1. The van der Waals surface area contributed by atoms with Gasteiger partial charge in [-0.15, -0.1) is 16.9 Å². The summed E-state index contributed by atoms with van der Waals surface area (Å²) in [6, 6.07) is 6.79. The van der Waals surface area contributed by atoms with Crippen LogP contribution in [0.1, 0.15) is 44.5 Å². The average molecular weight is 619 g/mol. The van der Waals surface area contributed by atoms with Crippen LogP contribution in [0.2, 0.25) is 0 Å². The van der Waals surface area contributed by atoms with Crippen LogP contribution in [0.4, 0.5) is 13.2 Å². The standard InChI is InChI=1S/C26H29F3N2O10S/c1-12(32)36-11-19-20(37-13(2)33)21(38-14(3)34)22(39-15(4)35)25(40-19)41-24-18(23(30-31-24)26(27,28)29)10-16-6-8-17(42-5)9-7-16/h6-9,19-22,25H,10-11H2,1-5H3,(H,30,31)/t19-,20-,21+,22-,25+/m1/s1. The summed E-state index contributed by atoms with van der Waals surface area (Å²) in [6.07, 6.45) is -11.1. The van der Waals surface area contributed by atoms with Gasteiger partial charge in [0, 0.05) is 39.0 Å². The summed E-state index contributed by atoms with van der Waals surface area (Å²) >= 11 is 1.46. The van der Waals surface area contributed by atoms with Gasteiger partial charge in [-0.3, -0.25) is 24.3 Å². The maximum absolute atomic E-state index is 13.9. The molecule has 0 radical (unpaired) electrons. The maximum Gasteiger partial charge on any atom is 0.433 e. The zero-order chi connectivity index (χ0) is 31.2. The number of rotatable bonds is 10. The van der Waals surface area contributed by atoms with Crippen LogP contribution in [0, 0.1) is 0 Å². The van der Waals surface area contributed by atoms with Gasteiger partial charge in [0.05, 0.1) is 5.56 Å². The molecule has 42 heavy (non-hydrogen) atoms. The van der Waals surface area contributed by atoms with Crippen LogP contribution in [0.5, 0.6) is 5.88 Å². The normalized spacial score (nSPS) is 22.1. The Bertz CT molecular complexity index is 1280. The van der Waals surface area contributed by atoms with E-state index in [0.29, 0.717) is 5.56 Å². The number of aromatic nitrogens is 2. The molecule has 0 spiro atoms. The fraction of sp³-hybridized carbons (Fsp3) is 0.500. The molecule has 1 saturated heterocycles. The van der Waals surface area contributed by atoms with Crippen molar-refractivity contribution in [3.8, 4) is 5.88 Å². The molecule has 1 fully saturated rings. The molecule has 0 aliphatic carbocycles. The van der Waals surface area contributed by atoms with E-state index in [4.69, 9.17) is 28.4 Å². The van der Waals surface area contributed by atoms with E-state index in [1.54, 1.807) is 24.3 Å². The minimum Gasteiger partial charge on any atom is -0.463 e. The summed E-state index contributed by atoms with van der Waals surface area (Å²) in [5.41, 5.74) is -1.06. The van der Waals surface area contributed by atoms with Gasteiger partial charge in [0.15, 0.2) is 12.2 Å². The van der Waals surface area contributed by atoms with Crippen molar-refractivity contribution >= 4 is 35.6 Å². The van der Waals surface area contributed by atoms with E-state index in [9.17, 15) is 32.3 Å². The Balaban J connectivity index is 2.07. The molecule has 0 amide bonds. The van der Waals surface area contributed by atoms with Crippen LogP contribution >= 0.6 is 11.8 Å². The quantitative estimate of drug-likeness (QED) is 0.236. The molecule has 1 aromatic carbocycles. The van der Waals surface area contributed by atoms with Crippen LogP contribution in [-0.2, 0) is 55.5 Å². The molecule has 1 N–H and O–H groups in total. The number of carbonyl (C=O) groups is 4. The number of benzene rings is 1. The van der Waals surface area contributed by atoms with Crippen molar-refractivity contribution in [1.82, 2.24) is 10.2 Å². The lowest BCUT2D eigenvalue weighted by atomic mass is 9.98. The Morgan fingerprint density at radius 2 is 1.48 bits per heavy atom. The number of alkyl halides is 3. The molecule has 1 aromatic heterocycles. The van der Waals surface area contributed by atoms with Crippen molar-refractivity contribution in [3.63, 3.8) is 0 Å². The largest absolute Gasteiger partial charge is 0.463 e. The Morgan fingerprint density at radius 1 is 0.905 bits per heavy atom. The van der Waals surface area contributed by atoms with Gasteiger partial charge in [-0.2, -0.15) is 13.2 Å². The molecule has 0 unspecified atom stereocenters. The first-order valence-electron chi connectivity index (χ1n) is 12.4. The number of nitrogens with zero attached hydrogens (tertiary/aromatic N) is 1. The number of carbonyl (C=O) groups excluding carboxylic acids is 4. The molecule has 1 aliphatic rings. The summed E-state index contributed by atoms with van der Waals surface area (Å²) in [5, 5.41) is 5.64. The number of H-pyrrole nitrogens is 1. The molecular weight excluding hydrogens is 589 g/mol. The number of nitrogens with one attached hydrogen (secondary N) is 1. The van der Waals surface area contributed by atoms with Crippen molar-refractivity contribution in [2.75, 3.05) is 12.9 Å². The predicted octanol–water partition coefficient (Wildman–Crippen LogP) is 3.20. The fourth-order valence-electron chi connectivity index (χ4n) is 4.19. The molecule has 230 valence electrons. The van der Waals surface area contributed by atoms with E-state index in [1.165, 1.54) is 11.8 Å². The molecule has 2 aromatic rings. The van der Waals surface area contributed by atoms with Gasteiger partial charge < -0.3 is 28.4 Å². The van der Waals surface area contributed by atoms with Gasteiger partial charge in [-0.25, -0.2) is 0 Å². The van der Waals surface area contributed by atoms with Crippen LogP contribution < -0.4 is 4.74 Å². The number of aromatic amines is 1. The van der Waals surface area contributed by atoms with Crippen LogP contribution in [0.25, 0.3) is 0 Å². The van der Waals surface area contributed by atoms with Crippen molar-refractivity contribution in [1.29, 1.82) is 0 Å². The molecule has 12 nitrogen and oxygen atoms in total.